The van der Waals surface area contributed by atoms with Crippen LogP contribution in [-0.2, 0) is 11.2 Å². The molecule has 6 nitrogen and oxygen atoms in total. The van der Waals surface area contributed by atoms with Crippen LogP contribution >= 0.6 is 0 Å². The highest BCUT2D eigenvalue weighted by Crippen LogP contribution is 2.26. The van der Waals surface area contributed by atoms with E-state index in [9.17, 15) is 0 Å². The minimum absolute atomic E-state index is 0.373. The Bertz CT molecular complexity index is 837. The molecule has 26 heavy (non-hydrogen) atoms. The van der Waals surface area contributed by atoms with Crippen molar-refractivity contribution in [3.8, 4) is 0 Å². The number of nitrogens with zero attached hydrogens (tertiary/aromatic N) is 3. The Hall–Kier alpha value is -2.47. The molecule has 1 fully saturated rings. The number of fused-ring (bicyclic) bond motifs is 1. The maximum absolute atomic E-state index is 6.11. The molecule has 4 rings (SSSR count). The van der Waals surface area contributed by atoms with Gasteiger partial charge in [-0.15, -0.1) is 0 Å². The van der Waals surface area contributed by atoms with Crippen LogP contribution in [-0.4, -0.2) is 38.9 Å². The Kier molecular flexibility index (Phi) is 5.11. The highest BCUT2D eigenvalue weighted by atomic mass is 16.5. The van der Waals surface area contributed by atoms with Crippen molar-refractivity contribution in [1.82, 2.24) is 20.2 Å². The standard InChI is InChI=1S/C20H25N5O/c1-14-2-4-15(5-3-14)10-11-26-17-8-6-16(7-9-17)24-19-18-12-23-25-20(18)22-13-21-19/h2-5,12-13,16-17H,6-11H2,1H3,(H2,21,22,23,24,25). The van der Waals surface area contributed by atoms with Crippen LogP contribution in [0.4, 0.5) is 5.82 Å². The quantitative estimate of drug-likeness (QED) is 0.709. The smallest absolute Gasteiger partial charge is 0.160 e. The molecule has 0 spiro atoms. The summed E-state index contributed by atoms with van der Waals surface area (Å²) in [6.07, 6.45) is 9.07. The van der Waals surface area contributed by atoms with Gasteiger partial charge in [-0.3, -0.25) is 5.10 Å². The van der Waals surface area contributed by atoms with E-state index in [2.05, 4.69) is 56.7 Å². The van der Waals surface area contributed by atoms with Crippen LogP contribution in [0.1, 0.15) is 36.8 Å². The zero-order valence-corrected chi connectivity index (χ0v) is 15.1. The van der Waals surface area contributed by atoms with E-state index < -0.39 is 0 Å². The molecular weight excluding hydrogens is 326 g/mol. The average molecular weight is 351 g/mol. The number of hydrogen-bond donors (Lipinski definition) is 2. The first-order valence-corrected chi connectivity index (χ1v) is 9.36. The molecular formula is C20H25N5O. The fourth-order valence-corrected chi connectivity index (χ4v) is 3.55. The van der Waals surface area contributed by atoms with Crippen LogP contribution in [0.5, 0.6) is 0 Å². The average Bonchev–Trinajstić information content (AvgIpc) is 3.15. The Morgan fingerprint density at radius 2 is 1.92 bits per heavy atom. The lowest BCUT2D eigenvalue weighted by Gasteiger charge is -2.29. The molecule has 0 amide bonds. The lowest BCUT2D eigenvalue weighted by molar-refractivity contribution is 0.0282. The number of hydrogen-bond acceptors (Lipinski definition) is 5. The van der Waals surface area contributed by atoms with Gasteiger partial charge in [0.2, 0.25) is 0 Å². The summed E-state index contributed by atoms with van der Waals surface area (Å²) in [7, 11) is 0. The lowest BCUT2D eigenvalue weighted by Crippen LogP contribution is -2.30. The third-order valence-corrected chi connectivity index (χ3v) is 5.13. The number of nitrogens with one attached hydrogen (secondary N) is 2. The molecule has 2 heterocycles. The highest BCUT2D eigenvalue weighted by molar-refractivity contribution is 5.85. The van der Waals surface area contributed by atoms with E-state index in [0.717, 1.165) is 55.6 Å². The predicted octanol–water partition coefficient (Wildman–Crippen LogP) is 3.64. The first-order chi connectivity index (χ1) is 12.8. The van der Waals surface area contributed by atoms with E-state index in [1.165, 1.54) is 11.1 Å². The van der Waals surface area contributed by atoms with E-state index in [1.807, 2.05) is 0 Å². The van der Waals surface area contributed by atoms with Gasteiger partial charge < -0.3 is 10.1 Å². The first kappa shape index (κ1) is 17.0. The van der Waals surface area contributed by atoms with Gasteiger partial charge in [-0.2, -0.15) is 5.10 Å². The van der Waals surface area contributed by atoms with Crippen LogP contribution < -0.4 is 5.32 Å². The van der Waals surface area contributed by atoms with Gasteiger partial charge in [0.1, 0.15) is 12.1 Å². The zero-order chi connectivity index (χ0) is 17.8. The monoisotopic (exact) mass is 351 g/mol. The molecule has 3 aromatic rings. The lowest BCUT2D eigenvalue weighted by atomic mass is 9.93. The first-order valence-electron chi connectivity index (χ1n) is 9.36. The molecule has 0 atom stereocenters. The summed E-state index contributed by atoms with van der Waals surface area (Å²) in [6, 6.07) is 9.14. The molecule has 1 saturated carbocycles. The van der Waals surface area contributed by atoms with Gasteiger partial charge in [-0.1, -0.05) is 29.8 Å². The van der Waals surface area contributed by atoms with E-state index in [0.29, 0.717) is 12.1 Å². The molecule has 0 bridgehead atoms. The molecule has 6 heteroatoms. The minimum Gasteiger partial charge on any atom is -0.378 e. The van der Waals surface area contributed by atoms with Crippen molar-refractivity contribution in [2.24, 2.45) is 0 Å². The van der Waals surface area contributed by atoms with Gasteiger partial charge in [-0.05, 0) is 44.6 Å². The Labute approximate surface area is 153 Å². The molecule has 0 saturated heterocycles. The molecule has 0 unspecified atom stereocenters. The van der Waals surface area contributed by atoms with Crippen LogP contribution in [0.15, 0.2) is 36.8 Å². The number of benzene rings is 1. The molecule has 2 aromatic heterocycles. The highest BCUT2D eigenvalue weighted by Gasteiger charge is 2.22. The summed E-state index contributed by atoms with van der Waals surface area (Å²) >= 11 is 0. The van der Waals surface area contributed by atoms with Crippen molar-refractivity contribution in [3.63, 3.8) is 0 Å². The second-order valence-electron chi connectivity index (χ2n) is 7.08. The molecule has 0 aliphatic heterocycles. The Balaban J connectivity index is 1.23. The van der Waals surface area contributed by atoms with Crippen molar-refractivity contribution < 1.29 is 4.74 Å². The van der Waals surface area contributed by atoms with Crippen LogP contribution in [0.2, 0.25) is 0 Å². The summed E-state index contributed by atoms with van der Waals surface area (Å²) in [5.74, 6) is 0.868. The third-order valence-electron chi connectivity index (χ3n) is 5.13. The van der Waals surface area contributed by atoms with Gasteiger partial charge in [0.25, 0.3) is 0 Å². The normalized spacial score (nSPS) is 20.3. The number of aromatic nitrogens is 4. The number of rotatable bonds is 6. The maximum Gasteiger partial charge on any atom is 0.160 e. The predicted molar refractivity (Wildman–Crippen MR) is 102 cm³/mol. The fraction of sp³-hybridized carbons (Fsp3) is 0.450. The molecule has 1 aromatic carbocycles. The zero-order valence-electron chi connectivity index (χ0n) is 15.1. The largest absolute Gasteiger partial charge is 0.378 e. The van der Waals surface area contributed by atoms with Crippen molar-refractivity contribution in [2.45, 2.75) is 51.2 Å². The second kappa shape index (κ2) is 7.83. The van der Waals surface area contributed by atoms with Gasteiger partial charge >= 0.3 is 0 Å². The van der Waals surface area contributed by atoms with Gasteiger partial charge in [0.05, 0.1) is 24.3 Å². The van der Waals surface area contributed by atoms with Crippen molar-refractivity contribution >= 4 is 16.9 Å². The Morgan fingerprint density at radius 3 is 2.73 bits per heavy atom. The summed E-state index contributed by atoms with van der Waals surface area (Å²) in [6.45, 7) is 2.92. The third kappa shape index (κ3) is 4.02. The van der Waals surface area contributed by atoms with Gasteiger partial charge in [-0.25, -0.2) is 9.97 Å². The summed E-state index contributed by atoms with van der Waals surface area (Å²) in [5.41, 5.74) is 3.42. The van der Waals surface area contributed by atoms with Crippen LogP contribution in [0.3, 0.4) is 0 Å². The van der Waals surface area contributed by atoms with E-state index in [4.69, 9.17) is 4.74 Å². The summed E-state index contributed by atoms with van der Waals surface area (Å²) < 4.78 is 6.11. The van der Waals surface area contributed by atoms with Crippen molar-refractivity contribution in [3.05, 3.63) is 47.9 Å². The molecule has 0 radical (unpaired) electrons. The molecule has 136 valence electrons. The van der Waals surface area contributed by atoms with E-state index >= 15 is 0 Å². The number of anilines is 1. The molecule has 1 aliphatic carbocycles. The van der Waals surface area contributed by atoms with E-state index in [-0.39, 0.29) is 0 Å². The number of aromatic amines is 1. The fourth-order valence-electron chi connectivity index (χ4n) is 3.55. The summed E-state index contributed by atoms with van der Waals surface area (Å²) in [5, 5.41) is 11.4. The van der Waals surface area contributed by atoms with Crippen molar-refractivity contribution in [1.29, 1.82) is 0 Å². The van der Waals surface area contributed by atoms with E-state index in [1.54, 1.807) is 12.5 Å². The maximum atomic E-state index is 6.11. The number of aryl methyl sites for hydroxylation is 1. The van der Waals surface area contributed by atoms with Gasteiger partial charge in [0.15, 0.2) is 5.65 Å². The topological polar surface area (TPSA) is 75.7 Å². The molecule has 1 aliphatic rings. The minimum atomic E-state index is 0.373. The van der Waals surface area contributed by atoms with Crippen LogP contribution in [0.25, 0.3) is 11.0 Å². The van der Waals surface area contributed by atoms with Crippen LogP contribution in [0, 0.1) is 6.92 Å². The second-order valence-corrected chi connectivity index (χ2v) is 7.08. The summed E-state index contributed by atoms with van der Waals surface area (Å²) in [4.78, 5) is 8.55. The Morgan fingerprint density at radius 1 is 1.12 bits per heavy atom. The SMILES string of the molecule is Cc1ccc(CCOC2CCC(Nc3ncnc4[nH]ncc34)CC2)cc1. The van der Waals surface area contributed by atoms with Crippen molar-refractivity contribution in [2.75, 3.05) is 11.9 Å². The van der Waals surface area contributed by atoms with Gasteiger partial charge in [0, 0.05) is 6.04 Å². The number of H-pyrrole nitrogens is 1. The number of ether oxygens (including phenoxy) is 1. The molecule has 2 N–H and O–H groups in total.